The second kappa shape index (κ2) is 10.1. The summed E-state index contributed by atoms with van der Waals surface area (Å²) in [4.78, 5) is 19.6. The number of piperazine rings is 1. The minimum atomic E-state index is -0.840. The fraction of sp³-hybridized carbons (Fsp3) is 0.520. The molecule has 32 heavy (non-hydrogen) atoms. The molecule has 2 fully saturated rings. The van der Waals surface area contributed by atoms with Gasteiger partial charge >= 0.3 is 0 Å². The normalized spacial score (nSPS) is 20.4. The molecule has 2 heterocycles. The summed E-state index contributed by atoms with van der Waals surface area (Å²) in [5.74, 6) is -0.202. The molecule has 1 aromatic heterocycles. The van der Waals surface area contributed by atoms with Crippen LogP contribution in [0.4, 0.5) is 0 Å². The molecular weight excluding hydrogens is 418 g/mol. The van der Waals surface area contributed by atoms with Crippen LogP contribution in [0.1, 0.15) is 48.6 Å². The van der Waals surface area contributed by atoms with Gasteiger partial charge in [0, 0.05) is 42.5 Å². The summed E-state index contributed by atoms with van der Waals surface area (Å²) in [5, 5.41) is 12.6. The molecule has 1 saturated carbocycles. The molecule has 1 aromatic carbocycles. The predicted octanol–water partition coefficient (Wildman–Crippen LogP) is 3.50. The number of rotatable bonds is 6. The summed E-state index contributed by atoms with van der Waals surface area (Å²) < 4.78 is 0. The maximum atomic E-state index is 12.8. The highest BCUT2D eigenvalue weighted by Gasteiger charge is 2.36. The van der Waals surface area contributed by atoms with Crippen molar-refractivity contribution >= 4 is 17.2 Å². The van der Waals surface area contributed by atoms with Crippen LogP contribution in [0.25, 0.3) is 10.4 Å². The third kappa shape index (κ3) is 5.38. The molecule has 4 rings (SSSR count). The van der Waals surface area contributed by atoms with Crippen molar-refractivity contribution in [3.63, 3.8) is 0 Å². The highest BCUT2D eigenvalue weighted by Crippen LogP contribution is 2.33. The van der Waals surface area contributed by atoms with Gasteiger partial charge in [0.1, 0.15) is 0 Å². The molecule has 3 N–H and O–H groups in total. The van der Waals surface area contributed by atoms with Crippen molar-refractivity contribution in [1.82, 2.24) is 15.1 Å². The summed E-state index contributed by atoms with van der Waals surface area (Å²) in [7, 11) is 2.17. The monoisotopic (exact) mass is 451 g/mol. The van der Waals surface area contributed by atoms with Crippen molar-refractivity contribution < 1.29 is 4.79 Å². The van der Waals surface area contributed by atoms with Crippen LogP contribution in [0.15, 0.2) is 36.4 Å². The number of carbonyl (C=O) groups is 1. The van der Waals surface area contributed by atoms with Crippen LogP contribution >= 0.6 is 11.3 Å². The largest absolute Gasteiger partial charge is 0.334 e. The number of hydrogen-bond donors (Lipinski definition) is 2. The molecule has 170 valence electrons. The van der Waals surface area contributed by atoms with Crippen molar-refractivity contribution in [2.24, 2.45) is 5.73 Å². The maximum absolute atomic E-state index is 12.8. The van der Waals surface area contributed by atoms with E-state index >= 15 is 0 Å². The second-order valence-corrected chi connectivity index (χ2v) is 10.3. The van der Waals surface area contributed by atoms with Gasteiger partial charge in [0.15, 0.2) is 6.04 Å². The van der Waals surface area contributed by atoms with Gasteiger partial charge < -0.3 is 16.0 Å². The highest BCUT2D eigenvalue weighted by molar-refractivity contribution is 7.15. The van der Waals surface area contributed by atoms with E-state index in [9.17, 15) is 10.1 Å². The zero-order valence-electron chi connectivity index (χ0n) is 18.8. The minimum Gasteiger partial charge on any atom is -0.334 e. The SMILES string of the molecule is CN1CCN(Cc2ccc(-c3ccc([C@H](C#N)NC(=O)C4(N)CCCCC4)s3)cc2)CC1. The molecule has 2 aromatic rings. The summed E-state index contributed by atoms with van der Waals surface area (Å²) in [5.41, 5.74) is 7.95. The number of hydrogen-bond acceptors (Lipinski definition) is 6. The Kier molecular flexibility index (Phi) is 7.27. The van der Waals surface area contributed by atoms with E-state index in [-0.39, 0.29) is 5.91 Å². The first kappa shape index (κ1) is 22.9. The number of nitrogens with one attached hydrogen (secondary N) is 1. The third-order valence-corrected chi connectivity index (χ3v) is 7.95. The molecule has 1 saturated heterocycles. The third-order valence-electron chi connectivity index (χ3n) is 6.75. The zero-order valence-corrected chi connectivity index (χ0v) is 19.7. The Bertz CT molecular complexity index is 949. The van der Waals surface area contributed by atoms with Crippen molar-refractivity contribution in [2.45, 2.75) is 50.2 Å². The number of likely N-dealkylation sites (N-methyl/N-ethyl adjacent to an activating group) is 1. The van der Waals surface area contributed by atoms with E-state index in [0.717, 1.165) is 67.3 Å². The predicted molar refractivity (Wildman–Crippen MR) is 129 cm³/mol. The number of carbonyl (C=O) groups excluding carboxylic acids is 1. The summed E-state index contributed by atoms with van der Waals surface area (Å²) in [6.07, 6.45) is 4.43. The molecular formula is C25H33N5OS. The summed E-state index contributed by atoms with van der Waals surface area (Å²) >= 11 is 1.55. The average Bonchev–Trinajstić information content (AvgIpc) is 3.30. The van der Waals surface area contributed by atoms with E-state index in [1.165, 1.54) is 5.56 Å². The first-order valence-electron chi connectivity index (χ1n) is 11.6. The van der Waals surface area contributed by atoms with Crippen LogP contribution in [-0.4, -0.2) is 54.5 Å². The van der Waals surface area contributed by atoms with E-state index in [1.54, 1.807) is 11.3 Å². The molecule has 0 spiro atoms. The zero-order chi connectivity index (χ0) is 22.6. The van der Waals surface area contributed by atoms with E-state index in [2.05, 4.69) is 52.5 Å². The smallest absolute Gasteiger partial charge is 0.241 e. The average molecular weight is 452 g/mol. The van der Waals surface area contributed by atoms with Gasteiger partial charge in [0.05, 0.1) is 11.6 Å². The van der Waals surface area contributed by atoms with Crippen molar-refractivity contribution in [3.05, 3.63) is 46.8 Å². The van der Waals surface area contributed by atoms with Crippen LogP contribution in [-0.2, 0) is 11.3 Å². The van der Waals surface area contributed by atoms with Crippen molar-refractivity contribution in [1.29, 1.82) is 5.26 Å². The number of nitrogens with zero attached hydrogens (tertiary/aromatic N) is 3. The molecule has 1 amide bonds. The van der Waals surface area contributed by atoms with Crippen LogP contribution in [0.3, 0.4) is 0 Å². The lowest BCUT2D eigenvalue weighted by Gasteiger charge is -2.32. The lowest BCUT2D eigenvalue weighted by atomic mass is 9.82. The number of thiophene rings is 1. The molecule has 0 radical (unpaired) electrons. The van der Waals surface area contributed by atoms with Gasteiger partial charge in [0.25, 0.3) is 0 Å². The van der Waals surface area contributed by atoms with Crippen LogP contribution in [0.2, 0.25) is 0 Å². The van der Waals surface area contributed by atoms with Crippen molar-refractivity contribution in [3.8, 4) is 16.5 Å². The van der Waals surface area contributed by atoms with Gasteiger partial charge in [-0.3, -0.25) is 9.69 Å². The quantitative estimate of drug-likeness (QED) is 0.702. The van der Waals surface area contributed by atoms with Gasteiger partial charge in [-0.2, -0.15) is 5.26 Å². The molecule has 1 aliphatic heterocycles. The molecule has 6 nitrogen and oxygen atoms in total. The van der Waals surface area contributed by atoms with Gasteiger partial charge in [-0.15, -0.1) is 11.3 Å². The van der Waals surface area contributed by atoms with Gasteiger partial charge in [-0.05, 0) is 43.1 Å². The highest BCUT2D eigenvalue weighted by atomic mass is 32.1. The fourth-order valence-corrected chi connectivity index (χ4v) is 5.56. The molecule has 2 aliphatic rings. The van der Waals surface area contributed by atoms with Crippen LogP contribution in [0, 0.1) is 11.3 Å². The second-order valence-electron chi connectivity index (χ2n) is 9.23. The molecule has 0 unspecified atom stereocenters. The molecule has 7 heteroatoms. The minimum absolute atomic E-state index is 0.202. The van der Waals surface area contributed by atoms with E-state index in [4.69, 9.17) is 5.73 Å². The number of benzene rings is 1. The lowest BCUT2D eigenvalue weighted by molar-refractivity contribution is -0.127. The standard InChI is InChI=1S/C25H33N5OS/c1-29-13-15-30(16-14-29)18-19-5-7-20(8-6-19)22-9-10-23(32-22)21(17-26)28-24(31)25(27)11-3-2-4-12-25/h5-10,21H,2-4,11-16,18,27H2,1H3,(H,28,31)/t21-/m0/s1. The maximum Gasteiger partial charge on any atom is 0.241 e. The molecule has 0 bridgehead atoms. The van der Waals surface area contributed by atoms with Crippen LogP contribution in [0.5, 0.6) is 0 Å². The Labute approximate surface area is 195 Å². The Morgan fingerprint density at radius 3 is 2.47 bits per heavy atom. The van der Waals surface area contributed by atoms with Crippen LogP contribution < -0.4 is 11.1 Å². The Morgan fingerprint density at radius 2 is 1.81 bits per heavy atom. The topological polar surface area (TPSA) is 85.4 Å². The number of amides is 1. The first-order chi connectivity index (χ1) is 15.5. The van der Waals surface area contributed by atoms with Gasteiger partial charge in [0.2, 0.25) is 5.91 Å². The Balaban J connectivity index is 1.39. The Morgan fingerprint density at radius 1 is 1.12 bits per heavy atom. The lowest BCUT2D eigenvalue weighted by Crippen LogP contribution is -2.55. The van der Waals surface area contributed by atoms with E-state index in [0.29, 0.717) is 12.8 Å². The molecule has 1 aliphatic carbocycles. The first-order valence-corrected chi connectivity index (χ1v) is 12.4. The summed E-state index contributed by atoms with van der Waals surface area (Å²) in [6, 6.07) is 14.2. The molecule has 1 atom stereocenters. The van der Waals surface area contributed by atoms with Gasteiger partial charge in [-0.25, -0.2) is 0 Å². The number of nitrogens with two attached hydrogens (primary N) is 1. The summed E-state index contributed by atoms with van der Waals surface area (Å²) in [6.45, 7) is 5.44. The van der Waals surface area contributed by atoms with E-state index < -0.39 is 11.6 Å². The van der Waals surface area contributed by atoms with Gasteiger partial charge in [-0.1, -0.05) is 43.5 Å². The number of nitriles is 1. The fourth-order valence-electron chi connectivity index (χ4n) is 4.55. The van der Waals surface area contributed by atoms with E-state index in [1.807, 2.05) is 12.1 Å². The van der Waals surface area contributed by atoms with Crippen molar-refractivity contribution in [2.75, 3.05) is 33.2 Å². The Hall–Kier alpha value is -2.24.